The molecule has 1 fully saturated rings. The highest BCUT2D eigenvalue weighted by Gasteiger charge is 2.49. The van der Waals surface area contributed by atoms with Gasteiger partial charge in [-0.05, 0) is 76.3 Å². The highest BCUT2D eigenvalue weighted by Crippen LogP contribution is 2.50. The molecule has 0 aliphatic heterocycles. The summed E-state index contributed by atoms with van der Waals surface area (Å²) in [5, 5.41) is 18.4. The lowest BCUT2D eigenvalue weighted by Crippen LogP contribution is -2.23. The molecule has 1 aliphatic carbocycles. The van der Waals surface area contributed by atoms with Gasteiger partial charge in [0.25, 0.3) is 0 Å². The molecule has 0 spiro atoms. The van der Waals surface area contributed by atoms with E-state index in [0.717, 1.165) is 51.4 Å². The molecule has 4 heteroatoms. The fourth-order valence-corrected chi connectivity index (χ4v) is 3.30. The van der Waals surface area contributed by atoms with Crippen LogP contribution in [0.25, 0.3) is 0 Å². The third-order valence-electron chi connectivity index (χ3n) is 5.52. The number of carboxylic acids is 2. The maximum absolute atomic E-state index is 11.2. The van der Waals surface area contributed by atoms with Crippen molar-refractivity contribution >= 4 is 11.9 Å². The van der Waals surface area contributed by atoms with Gasteiger partial charge < -0.3 is 10.2 Å². The average Bonchev–Trinajstić information content (AvgIpc) is 3.33. The number of benzene rings is 1. The Hall–Kier alpha value is -1.84. The summed E-state index contributed by atoms with van der Waals surface area (Å²) in [5.74, 6) is -1.37. The van der Waals surface area contributed by atoms with Gasteiger partial charge in [-0.3, -0.25) is 9.59 Å². The Morgan fingerprint density at radius 3 is 2.16 bits per heavy atom. The van der Waals surface area contributed by atoms with Gasteiger partial charge >= 0.3 is 11.9 Å². The summed E-state index contributed by atoms with van der Waals surface area (Å²) in [4.78, 5) is 22.3. The van der Waals surface area contributed by atoms with Crippen LogP contribution < -0.4 is 0 Å². The van der Waals surface area contributed by atoms with Gasteiger partial charge in [-0.2, -0.15) is 0 Å². The summed E-state index contributed by atoms with van der Waals surface area (Å²) in [6, 6.07) is 8.49. The Labute approximate surface area is 150 Å². The summed E-state index contributed by atoms with van der Waals surface area (Å²) in [6.07, 6.45) is 7.86. The summed E-state index contributed by atoms with van der Waals surface area (Å²) in [7, 11) is 0. The van der Waals surface area contributed by atoms with Crippen LogP contribution in [0.1, 0.15) is 69.9 Å². The molecule has 2 N–H and O–H groups in total. The van der Waals surface area contributed by atoms with Crippen molar-refractivity contribution in [2.75, 3.05) is 0 Å². The first-order valence-electron chi connectivity index (χ1n) is 9.30. The minimum atomic E-state index is -0.740. The number of aryl methyl sites for hydroxylation is 2. The van der Waals surface area contributed by atoms with Gasteiger partial charge in [0.2, 0.25) is 0 Å². The Balaban J connectivity index is 1.73. The van der Waals surface area contributed by atoms with E-state index >= 15 is 0 Å². The first kappa shape index (κ1) is 19.5. The van der Waals surface area contributed by atoms with Gasteiger partial charge in [-0.25, -0.2) is 0 Å². The van der Waals surface area contributed by atoms with Gasteiger partial charge in [0.05, 0.1) is 10.8 Å². The summed E-state index contributed by atoms with van der Waals surface area (Å²) < 4.78 is 0. The third kappa shape index (κ3) is 5.58. The van der Waals surface area contributed by atoms with Crippen molar-refractivity contribution < 1.29 is 19.8 Å². The van der Waals surface area contributed by atoms with Crippen LogP contribution in [0.2, 0.25) is 0 Å². The average molecular weight is 346 g/mol. The molecule has 4 nitrogen and oxygen atoms in total. The van der Waals surface area contributed by atoms with E-state index in [1.165, 1.54) is 11.1 Å². The standard InChI is InChI=1S/C21H30O4/c1-20(2,18(22)23)11-6-10-17-9-5-8-16(15-17)7-3-4-12-21(13-14-21)19(24)25/h5,8-9,15H,3-4,6-7,10-14H2,1-2H3,(H,22,23)(H,24,25). The molecule has 1 aromatic rings. The molecule has 0 radical (unpaired) electrons. The lowest BCUT2D eigenvalue weighted by molar-refractivity contribution is -0.147. The molecule has 1 aromatic carbocycles. The SMILES string of the molecule is CC(C)(CCCc1cccc(CCCCC2(C(=O)O)CC2)c1)C(=O)O. The Bertz CT molecular complexity index is 614. The molecule has 0 amide bonds. The van der Waals surface area contributed by atoms with Crippen LogP contribution in [0.4, 0.5) is 0 Å². The highest BCUT2D eigenvalue weighted by atomic mass is 16.4. The summed E-state index contributed by atoms with van der Waals surface area (Å²) in [5.41, 5.74) is 1.47. The predicted octanol–water partition coefficient (Wildman–Crippen LogP) is 4.70. The number of hydrogen-bond donors (Lipinski definition) is 2. The number of carboxylic acid groups (broad SMARTS) is 2. The van der Waals surface area contributed by atoms with Crippen molar-refractivity contribution in [2.24, 2.45) is 10.8 Å². The van der Waals surface area contributed by atoms with Crippen LogP contribution in [0, 0.1) is 10.8 Å². The molecule has 0 saturated heterocycles. The van der Waals surface area contributed by atoms with E-state index in [1.807, 2.05) is 0 Å². The highest BCUT2D eigenvalue weighted by molar-refractivity contribution is 5.77. The van der Waals surface area contributed by atoms with Crippen molar-refractivity contribution in [3.05, 3.63) is 35.4 Å². The largest absolute Gasteiger partial charge is 0.481 e. The zero-order valence-electron chi connectivity index (χ0n) is 15.4. The van der Waals surface area contributed by atoms with E-state index in [-0.39, 0.29) is 0 Å². The maximum Gasteiger partial charge on any atom is 0.309 e. The fourth-order valence-electron chi connectivity index (χ4n) is 3.30. The van der Waals surface area contributed by atoms with E-state index < -0.39 is 22.8 Å². The molecule has 0 heterocycles. The van der Waals surface area contributed by atoms with Crippen molar-refractivity contribution in [1.82, 2.24) is 0 Å². The van der Waals surface area contributed by atoms with Crippen molar-refractivity contribution in [1.29, 1.82) is 0 Å². The summed E-state index contributed by atoms with van der Waals surface area (Å²) >= 11 is 0. The molecule has 0 unspecified atom stereocenters. The van der Waals surface area contributed by atoms with E-state index in [2.05, 4.69) is 24.3 Å². The lowest BCUT2D eigenvalue weighted by Gasteiger charge is -2.18. The van der Waals surface area contributed by atoms with E-state index in [4.69, 9.17) is 5.11 Å². The summed E-state index contributed by atoms with van der Waals surface area (Å²) in [6.45, 7) is 3.55. The minimum absolute atomic E-state index is 0.404. The van der Waals surface area contributed by atoms with Gasteiger partial charge in [-0.1, -0.05) is 30.7 Å². The monoisotopic (exact) mass is 346 g/mol. The van der Waals surface area contributed by atoms with Crippen LogP contribution in [0.15, 0.2) is 24.3 Å². The van der Waals surface area contributed by atoms with E-state index in [0.29, 0.717) is 6.42 Å². The molecule has 1 aliphatic rings. The van der Waals surface area contributed by atoms with Crippen LogP contribution in [-0.4, -0.2) is 22.2 Å². The lowest BCUT2D eigenvalue weighted by atomic mass is 9.86. The second-order valence-electron chi connectivity index (χ2n) is 8.16. The number of rotatable bonds is 11. The second-order valence-corrected chi connectivity index (χ2v) is 8.16. The quantitative estimate of drug-likeness (QED) is 0.570. The fraction of sp³-hybridized carbons (Fsp3) is 0.619. The molecular weight excluding hydrogens is 316 g/mol. The Morgan fingerprint density at radius 2 is 1.64 bits per heavy atom. The van der Waals surface area contributed by atoms with Crippen molar-refractivity contribution in [3.63, 3.8) is 0 Å². The normalized spacial score (nSPS) is 15.8. The van der Waals surface area contributed by atoms with Crippen LogP contribution >= 0.6 is 0 Å². The number of unbranched alkanes of at least 4 members (excludes halogenated alkanes) is 1. The smallest absolute Gasteiger partial charge is 0.309 e. The second kappa shape index (κ2) is 8.03. The van der Waals surface area contributed by atoms with Crippen LogP contribution in [0.3, 0.4) is 0 Å². The van der Waals surface area contributed by atoms with Gasteiger partial charge in [-0.15, -0.1) is 0 Å². The van der Waals surface area contributed by atoms with Crippen LogP contribution in [0.5, 0.6) is 0 Å². The molecule has 2 rings (SSSR count). The molecule has 138 valence electrons. The Morgan fingerprint density at radius 1 is 1.04 bits per heavy atom. The zero-order chi connectivity index (χ0) is 18.5. The molecular formula is C21H30O4. The molecule has 0 aromatic heterocycles. The zero-order valence-corrected chi connectivity index (χ0v) is 15.4. The van der Waals surface area contributed by atoms with Gasteiger partial charge in [0, 0.05) is 0 Å². The number of carbonyl (C=O) groups is 2. The minimum Gasteiger partial charge on any atom is -0.481 e. The van der Waals surface area contributed by atoms with E-state index in [9.17, 15) is 14.7 Å². The first-order valence-corrected chi connectivity index (χ1v) is 9.30. The van der Waals surface area contributed by atoms with Gasteiger partial charge in [0.15, 0.2) is 0 Å². The van der Waals surface area contributed by atoms with Crippen LogP contribution in [-0.2, 0) is 22.4 Å². The molecule has 0 bridgehead atoms. The van der Waals surface area contributed by atoms with Gasteiger partial charge in [0.1, 0.15) is 0 Å². The first-order chi connectivity index (χ1) is 11.8. The predicted molar refractivity (Wildman–Crippen MR) is 97.7 cm³/mol. The molecule has 25 heavy (non-hydrogen) atoms. The van der Waals surface area contributed by atoms with Crippen molar-refractivity contribution in [2.45, 2.75) is 71.6 Å². The molecule has 0 atom stereocenters. The molecule has 1 saturated carbocycles. The Kier molecular flexibility index (Phi) is 6.26. The number of aliphatic carboxylic acids is 2. The third-order valence-corrected chi connectivity index (χ3v) is 5.52. The topological polar surface area (TPSA) is 74.6 Å². The van der Waals surface area contributed by atoms with E-state index in [1.54, 1.807) is 13.8 Å². The van der Waals surface area contributed by atoms with Crippen molar-refractivity contribution in [3.8, 4) is 0 Å². The number of hydrogen-bond acceptors (Lipinski definition) is 2. The maximum atomic E-state index is 11.2.